The van der Waals surface area contributed by atoms with Gasteiger partial charge in [0, 0.05) is 18.7 Å². The number of hydrogen-bond acceptors (Lipinski definition) is 3. The molecule has 2 aromatic rings. The Balaban J connectivity index is 1.83. The molecule has 1 aliphatic rings. The van der Waals surface area contributed by atoms with E-state index in [4.69, 9.17) is 11.6 Å². The van der Waals surface area contributed by atoms with Crippen LogP contribution < -0.4 is 5.32 Å². The molecular formula is C25H35ClFN3O2. The zero-order chi connectivity index (χ0) is 23.7. The first-order valence-electron chi connectivity index (χ1n) is 11.5. The van der Waals surface area contributed by atoms with Crippen molar-refractivity contribution in [2.24, 2.45) is 11.3 Å². The lowest BCUT2D eigenvalue weighted by Crippen LogP contribution is -2.45. The largest absolute Gasteiger partial charge is 0.388 e. The molecule has 1 aliphatic carbocycles. The summed E-state index contributed by atoms with van der Waals surface area (Å²) in [5, 5.41) is 18.0. The molecular weight excluding hydrogens is 429 g/mol. The molecule has 1 amide bonds. The summed E-state index contributed by atoms with van der Waals surface area (Å²) in [7, 11) is 0. The first kappa shape index (κ1) is 24.7. The molecule has 1 aromatic heterocycles. The molecule has 0 bridgehead atoms. The molecule has 7 heteroatoms. The fourth-order valence-electron chi connectivity index (χ4n) is 4.35. The van der Waals surface area contributed by atoms with Crippen molar-refractivity contribution in [2.45, 2.75) is 78.9 Å². The molecule has 0 spiro atoms. The van der Waals surface area contributed by atoms with Crippen molar-refractivity contribution >= 4 is 17.5 Å². The smallest absolute Gasteiger partial charge is 0.273 e. The van der Waals surface area contributed by atoms with Gasteiger partial charge in [-0.2, -0.15) is 5.10 Å². The maximum atomic E-state index is 15.1. The van der Waals surface area contributed by atoms with E-state index in [9.17, 15) is 9.90 Å². The molecule has 1 aromatic carbocycles. The lowest BCUT2D eigenvalue weighted by atomic mass is 9.79. The Hall–Kier alpha value is -1.92. The molecule has 2 N–H and O–H groups in total. The Morgan fingerprint density at radius 3 is 2.56 bits per heavy atom. The maximum Gasteiger partial charge on any atom is 0.273 e. The van der Waals surface area contributed by atoms with Crippen LogP contribution in [0.25, 0.3) is 11.3 Å². The van der Waals surface area contributed by atoms with Crippen LogP contribution in [0.1, 0.15) is 76.4 Å². The molecule has 0 unspecified atom stereocenters. The van der Waals surface area contributed by atoms with E-state index in [1.54, 1.807) is 10.7 Å². The third-order valence-electron chi connectivity index (χ3n) is 6.22. The fraction of sp³-hybridized carbons (Fsp3) is 0.600. The van der Waals surface area contributed by atoms with Gasteiger partial charge in [0.05, 0.1) is 16.3 Å². The van der Waals surface area contributed by atoms with Gasteiger partial charge in [-0.1, -0.05) is 45.4 Å². The predicted molar refractivity (Wildman–Crippen MR) is 126 cm³/mol. The summed E-state index contributed by atoms with van der Waals surface area (Å²) in [5.74, 6) is -0.256. The molecule has 1 fully saturated rings. The minimum atomic E-state index is -0.903. The Morgan fingerprint density at radius 2 is 2.00 bits per heavy atom. The number of carbonyl (C=O) groups is 1. The average molecular weight is 464 g/mol. The molecule has 1 saturated carbocycles. The van der Waals surface area contributed by atoms with Gasteiger partial charge >= 0.3 is 0 Å². The van der Waals surface area contributed by atoms with Gasteiger partial charge in [-0.3, -0.25) is 9.48 Å². The Morgan fingerprint density at radius 1 is 1.34 bits per heavy atom. The monoisotopic (exact) mass is 463 g/mol. The highest BCUT2D eigenvalue weighted by Gasteiger charge is 2.33. The standard InChI is InChI=1S/C25H35ClFN3O2/c1-6-30-22(18-8-7-17(13-19(18)27)14-24(3,4)5)20(26)21(29-30)23(31)28-15-25(32)11-9-16(2)10-12-25/h7-8,13,16,32H,6,9-12,14-15H2,1-5H3,(H,28,31). The van der Waals surface area contributed by atoms with Crippen molar-refractivity contribution in [1.29, 1.82) is 0 Å². The first-order valence-corrected chi connectivity index (χ1v) is 11.9. The lowest BCUT2D eigenvalue weighted by Gasteiger charge is -2.34. The maximum absolute atomic E-state index is 15.1. The van der Waals surface area contributed by atoms with E-state index in [2.05, 4.69) is 38.1 Å². The predicted octanol–water partition coefficient (Wildman–Crippen LogP) is 5.62. The van der Waals surface area contributed by atoms with E-state index in [1.807, 2.05) is 13.0 Å². The topological polar surface area (TPSA) is 67.2 Å². The third kappa shape index (κ3) is 5.70. The number of nitrogens with zero attached hydrogens (tertiary/aromatic N) is 2. The second-order valence-electron chi connectivity index (χ2n) is 10.5. The number of amides is 1. The number of aryl methyl sites for hydroxylation is 1. The normalized spacial score (nSPS) is 21.6. The van der Waals surface area contributed by atoms with E-state index < -0.39 is 11.5 Å². The van der Waals surface area contributed by atoms with E-state index in [-0.39, 0.29) is 28.5 Å². The van der Waals surface area contributed by atoms with Crippen molar-refractivity contribution in [2.75, 3.05) is 6.54 Å². The highest BCUT2D eigenvalue weighted by Crippen LogP contribution is 2.35. The van der Waals surface area contributed by atoms with Gasteiger partial charge in [-0.15, -0.1) is 0 Å². The number of halogens is 2. The molecule has 0 aliphatic heterocycles. The van der Waals surface area contributed by atoms with Crippen LogP contribution in [0, 0.1) is 17.2 Å². The summed E-state index contributed by atoms with van der Waals surface area (Å²) in [6.45, 7) is 11.0. The van der Waals surface area contributed by atoms with Crippen LogP contribution >= 0.6 is 11.6 Å². The zero-order valence-corrected chi connectivity index (χ0v) is 20.5. The van der Waals surface area contributed by atoms with Crippen molar-refractivity contribution in [1.82, 2.24) is 15.1 Å². The number of aliphatic hydroxyl groups is 1. The van der Waals surface area contributed by atoms with E-state index in [1.165, 1.54) is 6.07 Å². The van der Waals surface area contributed by atoms with Gasteiger partial charge in [-0.05, 0) is 68.1 Å². The molecule has 1 heterocycles. The molecule has 176 valence electrons. The van der Waals surface area contributed by atoms with Crippen LogP contribution in [0.5, 0.6) is 0 Å². The van der Waals surface area contributed by atoms with E-state index in [0.29, 0.717) is 36.6 Å². The third-order valence-corrected chi connectivity index (χ3v) is 6.57. The first-order chi connectivity index (χ1) is 14.9. The van der Waals surface area contributed by atoms with Crippen molar-refractivity contribution in [3.8, 4) is 11.3 Å². The summed E-state index contributed by atoms with van der Waals surface area (Å²) >= 11 is 6.56. The second kappa shape index (κ2) is 9.52. The van der Waals surface area contributed by atoms with Gasteiger partial charge in [-0.25, -0.2) is 4.39 Å². The van der Waals surface area contributed by atoms with Crippen LogP contribution in [-0.4, -0.2) is 32.9 Å². The summed E-state index contributed by atoms with van der Waals surface area (Å²) in [6.07, 6.45) is 3.94. The van der Waals surface area contributed by atoms with Crippen molar-refractivity contribution in [3.63, 3.8) is 0 Å². The van der Waals surface area contributed by atoms with Crippen LogP contribution in [0.4, 0.5) is 4.39 Å². The van der Waals surface area contributed by atoms with Gasteiger partial charge in [0.1, 0.15) is 5.82 Å². The van der Waals surface area contributed by atoms with Crippen LogP contribution in [0.2, 0.25) is 5.02 Å². The molecule has 5 nitrogen and oxygen atoms in total. The number of aromatic nitrogens is 2. The number of nitrogens with one attached hydrogen (secondary N) is 1. The van der Waals surface area contributed by atoms with Gasteiger partial charge in [0.2, 0.25) is 0 Å². The molecule has 32 heavy (non-hydrogen) atoms. The van der Waals surface area contributed by atoms with Gasteiger partial charge in [0.25, 0.3) is 5.91 Å². The highest BCUT2D eigenvalue weighted by atomic mass is 35.5. The summed E-state index contributed by atoms with van der Waals surface area (Å²) in [4.78, 5) is 12.8. The molecule has 0 atom stereocenters. The van der Waals surface area contributed by atoms with Crippen molar-refractivity contribution in [3.05, 3.63) is 40.3 Å². The van der Waals surface area contributed by atoms with Crippen LogP contribution in [-0.2, 0) is 13.0 Å². The Labute approximate surface area is 195 Å². The highest BCUT2D eigenvalue weighted by molar-refractivity contribution is 6.36. The Bertz CT molecular complexity index is 972. The second-order valence-corrected chi connectivity index (χ2v) is 10.8. The van der Waals surface area contributed by atoms with Crippen molar-refractivity contribution < 1.29 is 14.3 Å². The number of benzene rings is 1. The number of carbonyl (C=O) groups excluding carboxylic acids is 1. The van der Waals surface area contributed by atoms with Crippen LogP contribution in [0.3, 0.4) is 0 Å². The molecule has 0 radical (unpaired) electrons. The SMILES string of the molecule is CCn1nc(C(=O)NCC2(O)CCC(C)CC2)c(Cl)c1-c1ccc(CC(C)(C)C)cc1F. The van der Waals surface area contributed by atoms with Crippen LogP contribution in [0.15, 0.2) is 18.2 Å². The fourth-order valence-corrected chi connectivity index (χ4v) is 4.67. The number of rotatable bonds is 6. The summed E-state index contributed by atoms with van der Waals surface area (Å²) in [6, 6.07) is 5.13. The quantitative estimate of drug-likeness (QED) is 0.584. The zero-order valence-electron chi connectivity index (χ0n) is 19.8. The average Bonchev–Trinajstić information content (AvgIpc) is 3.04. The lowest BCUT2D eigenvalue weighted by molar-refractivity contribution is -0.00544. The van der Waals surface area contributed by atoms with E-state index in [0.717, 1.165) is 24.8 Å². The summed E-state index contributed by atoms with van der Waals surface area (Å²) in [5.41, 5.74) is 0.813. The van der Waals surface area contributed by atoms with E-state index >= 15 is 4.39 Å². The Kier molecular flexibility index (Phi) is 7.35. The molecule has 3 rings (SSSR count). The minimum Gasteiger partial charge on any atom is -0.388 e. The molecule has 0 saturated heterocycles. The van der Waals surface area contributed by atoms with Gasteiger partial charge < -0.3 is 10.4 Å². The summed E-state index contributed by atoms with van der Waals surface area (Å²) < 4.78 is 16.6. The minimum absolute atomic E-state index is 0.0441. The number of hydrogen-bond donors (Lipinski definition) is 2. The van der Waals surface area contributed by atoms with Gasteiger partial charge in [0.15, 0.2) is 5.69 Å².